The maximum absolute atomic E-state index is 13.1. The van der Waals surface area contributed by atoms with Crippen LogP contribution in [0.3, 0.4) is 0 Å². The first kappa shape index (κ1) is 29.1. The fourth-order valence-corrected chi connectivity index (χ4v) is 5.04. The Kier molecular flexibility index (Phi) is 8.82. The van der Waals surface area contributed by atoms with Crippen LogP contribution in [-0.2, 0) is 19.8 Å². The molecule has 3 aromatic heterocycles. The summed E-state index contributed by atoms with van der Waals surface area (Å²) in [7, 11) is 1.44. The summed E-state index contributed by atoms with van der Waals surface area (Å²) in [5.41, 5.74) is 1.60. The van der Waals surface area contributed by atoms with Crippen LogP contribution in [0.5, 0.6) is 0 Å². The minimum Gasteiger partial charge on any atom is -0.382 e. The molecule has 0 aromatic carbocycles. The van der Waals surface area contributed by atoms with E-state index in [0.29, 0.717) is 16.5 Å². The molecule has 0 spiro atoms. The SMILES string of the molecule is COCC(NC(=O)c1cn(C(C)(C)C#N)cn1)C(=O)Nc1nc(-c2cc(C)cc(N3CC(C)OC(C)C3)n2)cs1. The van der Waals surface area contributed by atoms with Gasteiger partial charge in [0.05, 0.1) is 36.9 Å². The molecule has 13 heteroatoms. The van der Waals surface area contributed by atoms with Gasteiger partial charge in [-0.05, 0) is 52.3 Å². The van der Waals surface area contributed by atoms with E-state index in [1.165, 1.54) is 35.5 Å². The average Bonchev–Trinajstić information content (AvgIpc) is 3.58. The lowest BCUT2D eigenvalue weighted by Gasteiger charge is -2.36. The van der Waals surface area contributed by atoms with Crippen molar-refractivity contribution in [2.24, 2.45) is 0 Å². The van der Waals surface area contributed by atoms with Crippen LogP contribution in [0, 0.1) is 18.3 Å². The number of carbonyl (C=O) groups is 2. The molecule has 3 atom stereocenters. The third-order valence-electron chi connectivity index (χ3n) is 6.39. The van der Waals surface area contributed by atoms with Crippen LogP contribution >= 0.6 is 11.3 Å². The Morgan fingerprint density at radius 3 is 2.65 bits per heavy atom. The number of nitrogens with one attached hydrogen (secondary N) is 2. The van der Waals surface area contributed by atoms with E-state index in [2.05, 4.69) is 45.4 Å². The number of carbonyl (C=O) groups excluding carboxylic acids is 2. The highest BCUT2D eigenvalue weighted by Gasteiger charge is 2.27. The minimum absolute atomic E-state index is 0.0562. The summed E-state index contributed by atoms with van der Waals surface area (Å²) in [4.78, 5) is 41.6. The Morgan fingerprint density at radius 1 is 1.25 bits per heavy atom. The van der Waals surface area contributed by atoms with Gasteiger partial charge >= 0.3 is 0 Å². The number of hydrogen-bond acceptors (Lipinski definition) is 10. The molecule has 4 rings (SSSR count). The Hall–Kier alpha value is -3.86. The molecule has 0 bridgehead atoms. The van der Waals surface area contributed by atoms with E-state index in [9.17, 15) is 14.9 Å². The van der Waals surface area contributed by atoms with Crippen LogP contribution in [0.25, 0.3) is 11.4 Å². The molecule has 4 heterocycles. The van der Waals surface area contributed by atoms with Crippen LogP contribution in [0.4, 0.5) is 10.9 Å². The second-order valence-electron chi connectivity index (χ2n) is 10.4. The monoisotopic (exact) mass is 566 g/mol. The van der Waals surface area contributed by atoms with E-state index >= 15 is 0 Å². The normalized spacial score (nSPS) is 18.2. The van der Waals surface area contributed by atoms with Crippen LogP contribution in [0.2, 0.25) is 0 Å². The lowest BCUT2D eigenvalue weighted by Crippen LogP contribution is -2.46. The van der Waals surface area contributed by atoms with Gasteiger partial charge in [0.25, 0.3) is 11.8 Å². The Bertz CT molecular complexity index is 1400. The van der Waals surface area contributed by atoms with Crippen molar-refractivity contribution in [1.29, 1.82) is 5.26 Å². The van der Waals surface area contributed by atoms with Crippen molar-refractivity contribution >= 4 is 34.1 Å². The van der Waals surface area contributed by atoms with Gasteiger partial charge in [-0.1, -0.05) is 0 Å². The Balaban J connectivity index is 1.45. The van der Waals surface area contributed by atoms with E-state index in [0.717, 1.165) is 24.5 Å². The molecular formula is C27H34N8O4S. The van der Waals surface area contributed by atoms with Crippen LogP contribution in [0.1, 0.15) is 43.7 Å². The third kappa shape index (κ3) is 6.82. The first-order valence-corrected chi connectivity index (χ1v) is 13.8. The molecule has 2 amide bonds. The smallest absolute Gasteiger partial charge is 0.272 e. The number of anilines is 2. The fourth-order valence-electron chi connectivity index (χ4n) is 4.33. The number of nitrogens with zero attached hydrogens (tertiary/aromatic N) is 6. The van der Waals surface area contributed by atoms with E-state index in [1.807, 2.05) is 24.4 Å². The van der Waals surface area contributed by atoms with Gasteiger partial charge in [0.15, 0.2) is 5.13 Å². The maximum Gasteiger partial charge on any atom is 0.272 e. The molecule has 1 aliphatic heterocycles. The number of imidazole rings is 1. The van der Waals surface area contributed by atoms with Crippen molar-refractivity contribution in [2.75, 3.05) is 37.0 Å². The number of nitriles is 1. The number of amides is 2. The maximum atomic E-state index is 13.1. The number of aryl methyl sites for hydroxylation is 1. The fraction of sp³-hybridized carbons (Fsp3) is 0.481. The minimum atomic E-state index is -0.993. The van der Waals surface area contributed by atoms with E-state index in [-0.39, 0.29) is 24.5 Å². The highest BCUT2D eigenvalue weighted by atomic mass is 32.1. The summed E-state index contributed by atoms with van der Waals surface area (Å²) >= 11 is 1.26. The van der Waals surface area contributed by atoms with Crippen LogP contribution in [0.15, 0.2) is 30.0 Å². The van der Waals surface area contributed by atoms with Gasteiger partial charge in [-0.2, -0.15) is 5.26 Å². The number of aromatic nitrogens is 4. The van der Waals surface area contributed by atoms with Gasteiger partial charge in [0.2, 0.25) is 0 Å². The first-order valence-electron chi connectivity index (χ1n) is 12.9. The van der Waals surface area contributed by atoms with Crippen LogP contribution in [-0.4, -0.2) is 76.4 Å². The Morgan fingerprint density at radius 2 is 1.98 bits per heavy atom. The zero-order valence-corrected chi connectivity index (χ0v) is 24.3. The summed E-state index contributed by atoms with van der Waals surface area (Å²) in [6.45, 7) is 11.0. The van der Waals surface area contributed by atoms with Gasteiger partial charge in [0, 0.05) is 31.8 Å². The molecule has 0 aliphatic carbocycles. The molecule has 1 fully saturated rings. The summed E-state index contributed by atoms with van der Waals surface area (Å²) < 4.78 is 12.6. The standard InChI is InChI=1S/C27H34N8O4S/c1-16-7-19(30-23(8-16)34-9-17(2)39-18(3)10-34)22-13-40-26(32-22)33-25(37)21(12-38-6)31-24(36)20-11-35(15-29-20)27(4,5)14-28/h7-8,11,13,15,17-18,21H,9-10,12H2,1-6H3,(H,31,36)(H,32,33,37). The number of morpholine rings is 1. The first-order chi connectivity index (χ1) is 19.0. The molecule has 1 aliphatic rings. The molecule has 0 radical (unpaired) electrons. The summed E-state index contributed by atoms with van der Waals surface area (Å²) in [6, 6.07) is 5.16. The zero-order valence-electron chi connectivity index (χ0n) is 23.5. The molecule has 0 saturated carbocycles. The predicted molar refractivity (Wildman–Crippen MR) is 151 cm³/mol. The summed E-state index contributed by atoms with van der Waals surface area (Å²) in [5.74, 6) is -0.186. The number of methoxy groups -OCH3 is 1. The molecule has 3 aromatic rings. The van der Waals surface area contributed by atoms with Gasteiger partial charge in [-0.3, -0.25) is 9.59 Å². The predicted octanol–water partition coefficient (Wildman–Crippen LogP) is 2.97. The van der Waals surface area contributed by atoms with Crippen LogP contribution < -0.4 is 15.5 Å². The number of pyridine rings is 1. The van der Waals surface area contributed by atoms with Crippen molar-refractivity contribution < 1.29 is 19.1 Å². The van der Waals surface area contributed by atoms with Crippen molar-refractivity contribution in [3.63, 3.8) is 0 Å². The highest BCUT2D eigenvalue weighted by molar-refractivity contribution is 7.14. The third-order valence-corrected chi connectivity index (χ3v) is 7.14. The second-order valence-corrected chi connectivity index (χ2v) is 11.3. The number of ether oxygens (including phenoxy) is 2. The van der Waals surface area contributed by atoms with Crippen molar-refractivity contribution in [3.8, 4) is 17.5 Å². The molecule has 212 valence electrons. The van der Waals surface area contributed by atoms with E-state index in [1.54, 1.807) is 13.8 Å². The molecule has 3 unspecified atom stereocenters. The number of hydrogen-bond donors (Lipinski definition) is 2. The highest BCUT2D eigenvalue weighted by Crippen LogP contribution is 2.28. The molecular weight excluding hydrogens is 532 g/mol. The second kappa shape index (κ2) is 12.1. The van der Waals surface area contributed by atoms with Gasteiger partial charge < -0.3 is 29.6 Å². The number of thiazole rings is 1. The van der Waals surface area contributed by atoms with Gasteiger partial charge in [-0.25, -0.2) is 15.0 Å². The lowest BCUT2D eigenvalue weighted by atomic mass is 10.1. The van der Waals surface area contributed by atoms with Crippen molar-refractivity contribution in [1.82, 2.24) is 24.8 Å². The summed E-state index contributed by atoms with van der Waals surface area (Å²) in [6.07, 6.45) is 3.09. The van der Waals surface area contributed by atoms with Gasteiger partial charge in [-0.15, -0.1) is 11.3 Å². The summed E-state index contributed by atoms with van der Waals surface area (Å²) in [5, 5.41) is 16.9. The Labute approximate surface area is 237 Å². The largest absolute Gasteiger partial charge is 0.382 e. The topological polar surface area (TPSA) is 147 Å². The average molecular weight is 567 g/mol. The molecule has 2 N–H and O–H groups in total. The van der Waals surface area contributed by atoms with Crippen molar-refractivity contribution in [2.45, 2.75) is 58.4 Å². The van der Waals surface area contributed by atoms with E-state index in [4.69, 9.17) is 14.5 Å². The quantitative estimate of drug-likeness (QED) is 0.399. The number of rotatable bonds is 9. The lowest BCUT2D eigenvalue weighted by molar-refractivity contribution is -0.119. The zero-order chi connectivity index (χ0) is 29.0. The van der Waals surface area contributed by atoms with E-state index < -0.39 is 23.4 Å². The molecule has 1 saturated heterocycles. The van der Waals surface area contributed by atoms with Gasteiger partial charge in [0.1, 0.15) is 28.8 Å². The molecule has 40 heavy (non-hydrogen) atoms. The molecule has 12 nitrogen and oxygen atoms in total. The van der Waals surface area contributed by atoms with Crippen molar-refractivity contribution in [3.05, 3.63) is 41.3 Å².